The maximum Gasteiger partial charge on any atom is 0.329 e. The summed E-state index contributed by atoms with van der Waals surface area (Å²) in [4.78, 5) is 69.5. The van der Waals surface area contributed by atoms with E-state index in [0.29, 0.717) is 71.3 Å². The number of fused-ring (bicyclic) bond motifs is 3. The number of urea groups is 1. The average Bonchev–Trinajstić information content (AvgIpc) is 4.12. The molecule has 0 saturated carbocycles. The van der Waals surface area contributed by atoms with E-state index in [1.165, 1.54) is 0 Å². The average molecular weight is 1030 g/mol. The van der Waals surface area contributed by atoms with Gasteiger partial charge in [-0.2, -0.15) is 0 Å². The lowest BCUT2D eigenvalue weighted by Gasteiger charge is -2.46. The lowest BCUT2D eigenvalue weighted by Crippen LogP contribution is -2.55. The number of amides is 4. The number of hydrogen-bond acceptors (Lipinski definition) is 11. The molecule has 7 atom stereocenters. The summed E-state index contributed by atoms with van der Waals surface area (Å²) in [5, 5.41) is 16.2. The van der Waals surface area contributed by atoms with E-state index in [9.17, 15) is 5.11 Å². The minimum Gasteiger partial charge on any atom is -0.497 e. The summed E-state index contributed by atoms with van der Waals surface area (Å²) in [6.07, 6.45) is -0.936. The van der Waals surface area contributed by atoms with Crippen molar-refractivity contribution in [2.45, 2.75) is 42.6 Å². The Hall–Kier alpha value is -8.74. The topological polar surface area (TPSA) is 159 Å². The number of aliphatic hydroxyl groups is 1. The van der Waals surface area contributed by atoms with Gasteiger partial charge in [-0.25, -0.2) is 9.69 Å². The molecule has 0 bridgehead atoms. The largest absolute Gasteiger partial charge is 0.497 e. The van der Waals surface area contributed by atoms with Gasteiger partial charge in [0.1, 0.15) is 35.7 Å². The zero-order valence-electron chi connectivity index (χ0n) is 42.6. The normalized spacial score (nSPS) is 22.0. The van der Waals surface area contributed by atoms with Crippen LogP contribution in [0.15, 0.2) is 182 Å². The Morgan fingerprint density at radius 2 is 1.38 bits per heavy atom. The predicted molar refractivity (Wildman–Crippen MR) is 291 cm³/mol. The molecule has 2 unspecified atom stereocenters. The van der Waals surface area contributed by atoms with Crippen molar-refractivity contribution in [3.8, 4) is 23.3 Å². The molecule has 1 spiro atoms. The number of nitrogens with zero attached hydrogens (tertiary/aromatic N) is 3. The molecular formula is C63H57N5O9. The first-order valence-corrected chi connectivity index (χ1v) is 25.8. The van der Waals surface area contributed by atoms with Gasteiger partial charge >= 0.3 is 12.0 Å². The van der Waals surface area contributed by atoms with Crippen LogP contribution in [0, 0.1) is 17.8 Å². The van der Waals surface area contributed by atoms with Gasteiger partial charge in [0.2, 0.25) is 11.8 Å². The molecule has 3 saturated heterocycles. The first kappa shape index (κ1) is 50.4. The first-order valence-electron chi connectivity index (χ1n) is 25.8. The van der Waals surface area contributed by atoms with E-state index in [4.69, 9.17) is 18.9 Å². The molecule has 14 nitrogen and oxygen atoms in total. The Bertz CT molecular complexity index is 3350. The van der Waals surface area contributed by atoms with E-state index in [-0.39, 0.29) is 18.9 Å². The van der Waals surface area contributed by atoms with Gasteiger partial charge in [0.05, 0.1) is 56.7 Å². The molecule has 4 amide bonds. The molecule has 4 heterocycles. The van der Waals surface area contributed by atoms with Crippen LogP contribution in [0.5, 0.6) is 11.5 Å². The van der Waals surface area contributed by atoms with Gasteiger partial charge in [-0.3, -0.25) is 19.3 Å². The number of benzene rings is 7. The number of imide groups is 1. The zero-order chi connectivity index (χ0) is 53.0. The van der Waals surface area contributed by atoms with Crippen LogP contribution in [-0.2, 0) is 29.3 Å². The number of esters is 1. The molecule has 77 heavy (non-hydrogen) atoms. The molecule has 0 radical (unpaired) electrons. The summed E-state index contributed by atoms with van der Waals surface area (Å²) in [6.45, 7) is 4.14. The highest BCUT2D eigenvalue weighted by molar-refractivity contribution is 6.25. The Morgan fingerprint density at radius 3 is 2.06 bits per heavy atom. The molecule has 3 fully saturated rings. The van der Waals surface area contributed by atoms with Crippen molar-refractivity contribution < 1.29 is 43.2 Å². The molecule has 7 aromatic carbocycles. The smallest absolute Gasteiger partial charge is 0.329 e. The summed E-state index contributed by atoms with van der Waals surface area (Å²) in [5.74, 6) is 3.93. The van der Waals surface area contributed by atoms with Crippen molar-refractivity contribution in [2.75, 3.05) is 61.7 Å². The minimum atomic E-state index is -2.07. The summed E-state index contributed by atoms with van der Waals surface area (Å²) in [6, 6.07) is 50.9. The second-order valence-electron chi connectivity index (χ2n) is 19.5. The van der Waals surface area contributed by atoms with E-state index in [1.807, 2.05) is 145 Å². The molecule has 3 N–H and O–H groups in total. The number of carbonyl (C=O) groups is 4. The maximum absolute atomic E-state index is 16.9. The predicted octanol–water partition coefficient (Wildman–Crippen LogP) is 9.08. The Balaban J connectivity index is 1.17. The number of anilines is 3. The van der Waals surface area contributed by atoms with Crippen LogP contribution in [-0.4, -0.2) is 86.5 Å². The van der Waals surface area contributed by atoms with Gasteiger partial charge in [0, 0.05) is 35.6 Å². The standard InChI is InChI=1S/C63H57N5O9/c1-41(44-13-6-3-7-14-44)64-62(73)67-53-32-25-43(22-21-42-23-30-50(74-2)31-24-42)39-52(53)63(61(67)72)54(59(70)65-48-26-28-49(29-27-48)66-33-36-75-37-34-66)56-60(71)77-57(46-17-10-5-11-18-46)55(45-15-8-4-9-16-45)68(56)58(63)47-19-12-20-51(40-47)76-38-35-69/h3-20,23-32,39-41,54-58,69H,33-38H2,1-2H3,(H,64,73)(H,65,70)/t41-,54+,55+,56?,57-,58-,63?/m0/s1. The summed E-state index contributed by atoms with van der Waals surface area (Å²) < 4.78 is 23.8. The molecular weight excluding hydrogens is 971 g/mol. The number of ether oxygens (including phenoxy) is 4. The van der Waals surface area contributed by atoms with Gasteiger partial charge < -0.3 is 39.6 Å². The number of carbonyl (C=O) groups excluding carboxylic acids is 4. The van der Waals surface area contributed by atoms with Crippen LogP contribution in [0.2, 0.25) is 0 Å². The quantitative estimate of drug-likeness (QED) is 0.0792. The number of methoxy groups -OCH3 is 1. The van der Waals surface area contributed by atoms with E-state index in [0.717, 1.165) is 21.7 Å². The number of cyclic esters (lactones) is 1. The van der Waals surface area contributed by atoms with Crippen LogP contribution >= 0.6 is 0 Å². The third-order valence-corrected chi connectivity index (χ3v) is 15.1. The first-order chi connectivity index (χ1) is 37.7. The second kappa shape index (κ2) is 21.8. The molecule has 11 rings (SSSR count). The maximum atomic E-state index is 16.9. The van der Waals surface area contributed by atoms with Crippen molar-refractivity contribution >= 4 is 40.9 Å². The number of morpholine rings is 2. The molecule has 388 valence electrons. The minimum absolute atomic E-state index is 0.0262. The van der Waals surface area contributed by atoms with E-state index in [1.54, 1.807) is 55.6 Å². The van der Waals surface area contributed by atoms with Crippen molar-refractivity contribution in [2.24, 2.45) is 5.92 Å². The Morgan fingerprint density at radius 1 is 0.727 bits per heavy atom. The van der Waals surface area contributed by atoms with Crippen molar-refractivity contribution in [3.05, 3.63) is 221 Å². The third kappa shape index (κ3) is 9.54. The molecule has 14 heteroatoms. The number of nitrogens with one attached hydrogen (secondary N) is 2. The van der Waals surface area contributed by atoms with Crippen LogP contribution in [0.4, 0.5) is 21.9 Å². The highest BCUT2D eigenvalue weighted by Crippen LogP contribution is 2.66. The number of hydrogen-bond donors (Lipinski definition) is 3. The number of aliphatic hydroxyl groups excluding tert-OH is 1. The van der Waals surface area contributed by atoms with Gasteiger partial charge in [-0.15, -0.1) is 0 Å². The zero-order valence-corrected chi connectivity index (χ0v) is 42.6. The molecule has 0 aliphatic carbocycles. The van der Waals surface area contributed by atoms with Gasteiger partial charge in [0.15, 0.2) is 0 Å². The van der Waals surface area contributed by atoms with Crippen LogP contribution in [0.3, 0.4) is 0 Å². The fraction of sp³-hybridized carbons (Fsp3) is 0.238. The summed E-state index contributed by atoms with van der Waals surface area (Å²) in [7, 11) is 1.59. The van der Waals surface area contributed by atoms with Crippen molar-refractivity contribution in [1.29, 1.82) is 0 Å². The van der Waals surface area contributed by atoms with Crippen molar-refractivity contribution in [3.63, 3.8) is 0 Å². The fourth-order valence-corrected chi connectivity index (χ4v) is 11.6. The Kier molecular flexibility index (Phi) is 14.3. The lowest BCUT2D eigenvalue weighted by atomic mass is 9.65. The van der Waals surface area contributed by atoms with E-state index in [2.05, 4.69) is 27.4 Å². The Labute approximate surface area is 447 Å². The summed E-state index contributed by atoms with van der Waals surface area (Å²) >= 11 is 0. The lowest BCUT2D eigenvalue weighted by molar-refractivity contribution is -0.177. The highest BCUT2D eigenvalue weighted by atomic mass is 16.6. The van der Waals surface area contributed by atoms with Crippen LogP contribution in [0.25, 0.3) is 0 Å². The van der Waals surface area contributed by atoms with E-state index < -0.39 is 65.4 Å². The molecule has 4 aliphatic rings. The van der Waals surface area contributed by atoms with E-state index >= 15 is 19.2 Å². The van der Waals surface area contributed by atoms with Crippen LogP contribution in [0.1, 0.15) is 70.1 Å². The van der Waals surface area contributed by atoms with Crippen LogP contribution < -0.4 is 29.9 Å². The second-order valence-corrected chi connectivity index (χ2v) is 19.5. The van der Waals surface area contributed by atoms with Gasteiger partial charge in [-0.05, 0) is 114 Å². The number of rotatable bonds is 12. The molecule has 0 aromatic heterocycles. The van der Waals surface area contributed by atoms with Gasteiger partial charge in [0.25, 0.3) is 0 Å². The van der Waals surface area contributed by atoms with Crippen molar-refractivity contribution in [1.82, 2.24) is 10.2 Å². The summed E-state index contributed by atoms with van der Waals surface area (Å²) in [5.41, 5.74) is 3.77. The van der Waals surface area contributed by atoms with Gasteiger partial charge in [-0.1, -0.05) is 115 Å². The molecule has 4 aliphatic heterocycles. The molecule has 7 aromatic rings. The monoisotopic (exact) mass is 1030 g/mol. The third-order valence-electron chi connectivity index (χ3n) is 15.1. The SMILES string of the molecule is COc1ccc(C#Cc2ccc3c(c2)C2(C(=O)N3C(=O)N[C@@H](C)c3ccccc3)[C@H](c3cccc(OCCO)c3)N3C(C(=O)O[C@@H](c4ccccc4)[C@H]3c3ccccc3)[C@@H]2C(=O)Nc2ccc(N3CCOCC3)cc2)cc1. The highest BCUT2D eigenvalue weighted by Gasteiger charge is 2.75. The fourth-order valence-electron chi connectivity index (χ4n) is 11.6.